The van der Waals surface area contributed by atoms with E-state index in [-0.39, 0.29) is 0 Å². The molecule has 0 radical (unpaired) electrons. The van der Waals surface area contributed by atoms with Crippen LogP contribution in [0.15, 0.2) is 36.4 Å². The van der Waals surface area contributed by atoms with Crippen molar-refractivity contribution in [3.05, 3.63) is 64.2 Å². The summed E-state index contributed by atoms with van der Waals surface area (Å²) in [5, 5.41) is 0. The molecule has 100 valence electrons. The van der Waals surface area contributed by atoms with Crippen LogP contribution < -0.4 is 4.74 Å². The number of ether oxygens (including phenoxy) is 1. The van der Waals surface area contributed by atoms with E-state index in [0.717, 1.165) is 12.2 Å². The molecule has 0 N–H and O–H groups in total. The Kier molecular flexibility index (Phi) is 4.26. The summed E-state index contributed by atoms with van der Waals surface area (Å²) in [6.45, 7) is 9.25. The Morgan fingerprint density at radius 3 is 2.26 bits per heavy atom. The Morgan fingerprint density at radius 2 is 1.63 bits per heavy atom. The zero-order valence-corrected chi connectivity index (χ0v) is 12.3. The van der Waals surface area contributed by atoms with Gasteiger partial charge in [0.1, 0.15) is 12.4 Å². The van der Waals surface area contributed by atoms with Crippen LogP contribution in [0.25, 0.3) is 0 Å². The van der Waals surface area contributed by atoms with Gasteiger partial charge in [-0.25, -0.2) is 0 Å². The van der Waals surface area contributed by atoms with E-state index in [1.54, 1.807) is 0 Å². The SMILES string of the molecule is CCc1cccc(OCc2c(C)cc(C)cc2C)c1. The predicted molar refractivity (Wildman–Crippen MR) is 80.8 cm³/mol. The lowest BCUT2D eigenvalue weighted by Crippen LogP contribution is -2.01. The average molecular weight is 254 g/mol. The minimum absolute atomic E-state index is 0.644. The lowest BCUT2D eigenvalue weighted by atomic mass is 10.0. The van der Waals surface area contributed by atoms with Gasteiger partial charge in [-0.2, -0.15) is 0 Å². The highest BCUT2D eigenvalue weighted by Crippen LogP contribution is 2.20. The van der Waals surface area contributed by atoms with Gasteiger partial charge in [-0.05, 0) is 61.6 Å². The highest BCUT2D eigenvalue weighted by Gasteiger charge is 2.05. The van der Waals surface area contributed by atoms with Crippen LogP contribution in [0.1, 0.15) is 34.7 Å². The molecule has 0 amide bonds. The minimum atomic E-state index is 0.644. The highest BCUT2D eigenvalue weighted by atomic mass is 16.5. The maximum Gasteiger partial charge on any atom is 0.120 e. The molecule has 0 unspecified atom stereocenters. The van der Waals surface area contributed by atoms with E-state index in [1.807, 2.05) is 6.07 Å². The van der Waals surface area contributed by atoms with Crippen molar-refractivity contribution in [2.24, 2.45) is 0 Å². The molecule has 0 aromatic heterocycles. The molecule has 2 aromatic rings. The first-order chi connectivity index (χ1) is 9.10. The summed E-state index contributed by atoms with van der Waals surface area (Å²) in [6.07, 6.45) is 1.04. The van der Waals surface area contributed by atoms with Crippen molar-refractivity contribution in [2.75, 3.05) is 0 Å². The second-order valence-electron chi connectivity index (χ2n) is 5.17. The van der Waals surface area contributed by atoms with Gasteiger partial charge < -0.3 is 4.74 Å². The van der Waals surface area contributed by atoms with Gasteiger partial charge in [0.2, 0.25) is 0 Å². The molecule has 0 aliphatic carbocycles. The smallest absolute Gasteiger partial charge is 0.120 e. The number of aryl methyl sites for hydroxylation is 4. The Morgan fingerprint density at radius 1 is 0.947 bits per heavy atom. The topological polar surface area (TPSA) is 9.23 Å². The van der Waals surface area contributed by atoms with Crippen molar-refractivity contribution in [3.63, 3.8) is 0 Å². The first-order valence-corrected chi connectivity index (χ1v) is 6.88. The van der Waals surface area contributed by atoms with E-state index >= 15 is 0 Å². The van der Waals surface area contributed by atoms with Gasteiger partial charge in [0.25, 0.3) is 0 Å². The molecule has 0 aliphatic heterocycles. The molecule has 0 atom stereocenters. The molecule has 0 aliphatic rings. The lowest BCUT2D eigenvalue weighted by molar-refractivity contribution is 0.304. The average Bonchev–Trinajstić information content (AvgIpc) is 2.37. The van der Waals surface area contributed by atoms with Gasteiger partial charge in [-0.3, -0.25) is 0 Å². The Bertz CT molecular complexity index is 547. The summed E-state index contributed by atoms with van der Waals surface area (Å²) >= 11 is 0. The van der Waals surface area contributed by atoms with Gasteiger partial charge in [0, 0.05) is 0 Å². The number of hydrogen-bond donors (Lipinski definition) is 0. The molecule has 2 rings (SSSR count). The van der Waals surface area contributed by atoms with E-state index in [1.165, 1.54) is 27.8 Å². The Hall–Kier alpha value is -1.76. The molecule has 0 heterocycles. The van der Waals surface area contributed by atoms with Crippen LogP contribution in [0.2, 0.25) is 0 Å². The minimum Gasteiger partial charge on any atom is -0.489 e. The normalized spacial score (nSPS) is 10.5. The fourth-order valence-electron chi connectivity index (χ4n) is 2.45. The molecule has 0 bridgehead atoms. The molecule has 1 heteroatoms. The van der Waals surface area contributed by atoms with Crippen LogP contribution >= 0.6 is 0 Å². The Balaban J connectivity index is 2.14. The van der Waals surface area contributed by atoms with Crippen molar-refractivity contribution < 1.29 is 4.74 Å². The van der Waals surface area contributed by atoms with Gasteiger partial charge in [0.15, 0.2) is 0 Å². The fourth-order valence-corrected chi connectivity index (χ4v) is 2.45. The second kappa shape index (κ2) is 5.92. The summed E-state index contributed by atoms with van der Waals surface area (Å²) in [7, 11) is 0. The zero-order chi connectivity index (χ0) is 13.8. The standard InChI is InChI=1S/C18H22O/c1-5-16-7-6-8-17(11-16)19-12-18-14(3)9-13(2)10-15(18)4/h6-11H,5,12H2,1-4H3. The van der Waals surface area contributed by atoms with Crippen molar-refractivity contribution in [1.29, 1.82) is 0 Å². The molecule has 0 spiro atoms. The van der Waals surface area contributed by atoms with Crippen molar-refractivity contribution in [1.82, 2.24) is 0 Å². The zero-order valence-electron chi connectivity index (χ0n) is 12.3. The molecular weight excluding hydrogens is 232 g/mol. The third-order valence-corrected chi connectivity index (χ3v) is 3.53. The molecule has 2 aromatic carbocycles. The maximum atomic E-state index is 5.94. The molecule has 0 saturated carbocycles. The number of rotatable bonds is 4. The van der Waals surface area contributed by atoms with Gasteiger partial charge in [-0.1, -0.05) is 36.8 Å². The first kappa shape index (κ1) is 13.7. The van der Waals surface area contributed by atoms with E-state index in [4.69, 9.17) is 4.74 Å². The predicted octanol–water partition coefficient (Wildman–Crippen LogP) is 4.75. The number of benzene rings is 2. The van der Waals surface area contributed by atoms with Crippen LogP contribution in [0.4, 0.5) is 0 Å². The largest absolute Gasteiger partial charge is 0.489 e. The molecule has 0 saturated heterocycles. The molecular formula is C18H22O. The van der Waals surface area contributed by atoms with Gasteiger partial charge in [0.05, 0.1) is 0 Å². The van der Waals surface area contributed by atoms with Crippen LogP contribution in [0.3, 0.4) is 0 Å². The van der Waals surface area contributed by atoms with E-state index in [9.17, 15) is 0 Å². The van der Waals surface area contributed by atoms with Crippen LogP contribution in [-0.4, -0.2) is 0 Å². The highest BCUT2D eigenvalue weighted by molar-refractivity contribution is 5.37. The summed E-state index contributed by atoms with van der Waals surface area (Å²) in [6, 6.07) is 12.8. The monoisotopic (exact) mass is 254 g/mol. The summed E-state index contributed by atoms with van der Waals surface area (Å²) in [5.41, 5.74) is 6.54. The number of hydrogen-bond acceptors (Lipinski definition) is 1. The van der Waals surface area contributed by atoms with E-state index < -0.39 is 0 Å². The van der Waals surface area contributed by atoms with E-state index in [2.05, 4.69) is 58.0 Å². The molecule has 1 nitrogen and oxygen atoms in total. The third-order valence-electron chi connectivity index (χ3n) is 3.53. The van der Waals surface area contributed by atoms with E-state index in [0.29, 0.717) is 6.61 Å². The van der Waals surface area contributed by atoms with Crippen molar-refractivity contribution in [2.45, 2.75) is 40.7 Å². The van der Waals surface area contributed by atoms with Crippen molar-refractivity contribution in [3.8, 4) is 5.75 Å². The lowest BCUT2D eigenvalue weighted by Gasteiger charge is -2.13. The summed E-state index contributed by atoms with van der Waals surface area (Å²) in [4.78, 5) is 0. The van der Waals surface area contributed by atoms with Crippen LogP contribution in [-0.2, 0) is 13.0 Å². The first-order valence-electron chi connectivity index (χ1n) is 6.88. The van der Waals surface area contributed by atoms with Gasteiger partial charge >= 0.3 is 0 Å². The molecule has 19 heavy (non-hydrogen) atoms. The fraction of sp³-hybridized carbons (Fsp3) is 0.333. The quantitative estimate of drug-likeness (QED) is 0.764. The molecule has 0 fully saturated rings. The third kappa shape index (κ3) is 3.37. The summed E-state index contributed by atoms with van der Waals surface area (Å²) < 4.78 is 5.94. The maximum absolute atomic E-state index is 5.94. The van der Waals surface area contributed by atoms with Gasteiger partial charge in [-0.15, -0.1) is 0 Å². The van der Waals surface area contributed by atoms with Crippen molar-refractivity contribution >= 4 is 0 Å². The van der Waals surface area contributed by atoms with Crippen LogP contribution in [0.5, 0.6) is 5.75 Å². The Labute approximate surface area is 116 Å². The van der Waals surface area contributed by atoms with Crippen LogP contribution in [0, 0.1) is 20.8 Å². The summed E-state index contributed by atoms with van der Waals surface area (Å²) in [5.74, 6) is 0.957. The second-order valence-corrected chi connectivity index (χ2v) is 5.17.